The molecule has 3 amide bonds. The van der Waals surface area contributed by atoms with E-state index in [1.807, 2.05) is 30.3 Å². The molecule has 48 heavy (non-hydrogen) atoms. The van der Waals surface area contributed by atoms with Crippen molar-refractivity contribution >= 4 is 46.9 Å². The van der Waals surface area contributed by atoms with E-state index < -0.39 is 22.9 Å². The fraction of sp³-hybridized carbons (Fsp3) is 0.0789. The van der Waals surface area contributed by atoms with E-state index in [1.54, 1.807) is 79.9 Å². The monoisotopic (exact) mass is 661 g/mol. The quantitative estimate of drug-likeness (QED) is 0.0934. The van der Waals surface area contributed by atoms with Gasteiger partial charge in [-0.2, -0.15) is 0 Å². The number of amides is 3. The number of halogens is 1. The number of hydrogen-bond donors (Lipinski definition) is 3. The molecular formula is C38H32FN3O5S. The van der Waals surface area contributed by atoms with Gasteiger partial charge in [-0.1, -0.05) is 60.7 Å². The summed E-state index contributed by atoms with van der Waals surface area (Å²) < 4.78 is 24.3. The average molecular weight is 662 g/mol. The Labute approximate surface area is 282 Å². The minimum Gasteiger partial charge on any atom is -0.497 e. The number of rotatable bonds is 12. The molecule has 1 atom stereocenters. The lowest BCUT2D eigenvalue weighted by atomic mass is 10.1. The first-order chi connectivity index (χ1) is 23.3. The van der Waals surface area contributed by atoms with E-state index in [0.717, 1.165) is 10.5 Å². The third-order valence-corrected chi connectivity index (χ3v) is 8.35. The van der Waals surface area contributed by atoms with Crippen LogP contribution < -0.4 is 25.4 Å². The standard InChI is InChI=1S/C38H32FN3O5S/c1-46-30-19-22-34(47-2)32(24-30)41-38(45)35(26-9-5-3-6-10-26)48-31-20-17-29(18-21-31)40-37(44)33(23-25-13-15-28(39)16-14-25)42-36(43)27-11-7-4-8-12-27/h3-24,35H,1-2H3,(H,40,44)(H,41,45)(H,42,43)/b33-23-. The van der Waals surface area contributed by atoms with Crippen molar-refractivity contribution in [3.8, 4) is 11.5 Å². The molecule has 5 aromatic rings. The molecule has 0 aliphatic heterocycles. The summed E-state index contributed by atoms with van der Waals surface area (Å²) in [4.78, 5) is 40.8. The molecule has 0 fully saturated rings. The summed E-state index contributed by atoms with van der Waals surface area (Å²) in [6.07, 6.45) is 1.47. The lowest BCUT2D eigenvalue weighted by Crippen LogP contribution is -2.30. The van der Waals surface area contributed by atoms with E-state index in [4.69, 9.17) is 9.47 Å². The van der Waals surface area contributed by atoms with Gasteiger partial charge in [-0.15, -0.1) is 11.8 Å². The Bertz CT molecular complexity index is 1900. The van der Waals surface area contributed by atoms with Crippen LogP contribution in [0.15, 0.2) is 138 Å². The molecule has 0 aliphatic rings. The van der Waals surface area contributed by atoms with Gasteiger partial charge in [0.2, 0.25) is 5.91 Å². The topological polar surface area (TPSA) is 106 Å². The van der Waals surface area contributed by atoms with E-state index in [2.05, 4.69) is 16.0 Å². The molecule has 0 saturated carbocycles. The number of hydrogen-bond acceptors (Lipinski definition) is 6. The highest BCUT2D eigenvalue weighted by atomic mass is 32.2. The third kappa shape index (κ3) is 8.89. The molecule has 0 saturated heterocycles. The molecule has 5 aromatic carbocycles. The Morgan fingerprint density at radius 1 is 0.750 bits per heavy atom. The minimum atomic E-state index is -0.624. The summed E-state index contributed by atoms with van der Waals surface area (Å²) >= 11 is 1.34. The van der Waals surface area contributed by atoms with Gasteiger partial charge in [0.25, 0.3) is 11.8 Å². The molecule has 1 unspecified atom stereocenters. The first-order valence-electron chi connectivity index (χ1n) is 14.8. The highest BCUT2D eigenvalue weighted by Crippen LogP contribution is 2.38. The number of carbonyl (C=O) groups excluding carboxylic acids is 3. The largest absolute Gasteiger partial charge is 0.497 e. The maximum Gasteiger partial charge on any atom is 0.272 e. The van der Waals surface area contributed by atoms with Gasteiger partial charge in [0, 0.05) is 22.2 Å². The van der Waals surface area contributed by atoms with E-state index in [1.165, 1.54) is 49.2 Å². The third-order valence-electron chi connectivity index (χ3n) is 7.08. The van der Waals surface area contributed by atoms with E-state index >= 15 is 0 Å². The van der Waals surface area contributed by atoms with Crippen LogP contribution in [-0.2, 0) is 9.59 Å². The van der Waals surface area contributed by atoms with Crippen molar-refractivity contribution in [3.63, 3.8) is 0 Å². The van der Waals surface area contributed by atoms with Gasteiger partial charge in [-0.05, 0) is 77.9 Å². The number of nitrogens with one attached hydrogen (secondary N) is 3. The molecule has 0 spiro atoms. The van der Waals surface area contributed by atoms with Gasteiger partial charge in [0.05, 0.1) is 19.9 Å². The fourth-order valence-corrected chi connectivity index (χ4v) is 5.65. The lowest BCUT2D eigenvalue weighted by molar-refractivity contribution is -0.116. The van der Waals surface area contributed by atoms with E-state index in [9.17, 15) is 18.8 Å². The predicted octanol–water partition coefficient (Wildman–Crippen LogP) is 7.72. The highest BCUT2D eigenvalue weighted by Gasteiger charge is 2.24. The summed E-state index contributed by atoms with van der Waals surface area (Å²) in [6, 6.07) is 35.6. The van der Waals surface area contributed by atoms with Crippen LogP contribution in [0.5, 0.6) is 11.5 Å². The Balaban J connectivity index is 1.34. The Morgan fingerprint density at radius 2 is 1.42 bits per heavy atom. The normalized spacial score (nSPS) is 11.6. The van der Waals surface area contributed by atoms with Crippen LogP contribution >= 0.6 is 11.8 Å². The molecule has 0 heterocycles. The summed E-state index contributed by atoms with van der Waals surface area (Å²) in [5.41, 5.74) is 2.61. The van der Waals surface area contributed by atoms with Crippen molar-refractivity contribution in [2.24, 2.45) is 0 Å². The minimum absolute atomic E-state index is 0.0253. The Kier molecular flexibility index (Phi) is 11.2. The Morgan fingerprint density at radius 3 is 2.06 bits per heavy atom. The van der Waals surface area contributed by atoms with Gasteiger partial charge < -0.3 is 25.4 Å². The molecule has 0 radical (unpaired) electrons. The predicted molar refractivity (Wildman–Crippen MR) is 187 cm³/mol. The van der Waals surface area contributed by atoms with E-state index in [0.29, 0.717) is 34.0 Å². The Hall–Kier alpha value is -5.87. The average Bonchev–Trinajstić information content (AvgIpc) is 3.12. The fourth-order valence-electron chi connectivity index (χ4n) is 4.63. The molecule has 0 aliphatic carbocycles. The molecular weight excluding hydrogens is 629 g/mol. The smallest absolute Gasteiger partial charge is 0.272 e. The molecule has 10 heteroatoms. The zero-order chi connectivity index (χ0) is 33.9. The van der Waals surface area contributed by atoms with Crippen molar-refractivity contribution in [3.05, 3.63) is 156 Å². The number of thioether (sulfide) groups is 1. The van der Waals surface area contributed by atoms with Crippen LogP contribution in [0.2, 0.25) is 0 Å². The molecule has 0 bridgehead atoms. The molecule has 8 nitrogen and oxygen atoms in total. The van der Waals surface area contributed by atoms with Crippen LogP contribution in [0.3, 0.4) is 0 Å². The number of benzene rings is 5. The first-order valence-corrected chi connectivity index (χ1v) is 15.7. The SMILES string of the molecule is COc1ccc(OC)c(NC(=O)C(Sc2ccc(NC(=O)/C(=C/c3ccc(F)cc3)NC(=O)c3ccccc3)cc2)c2ccccc2)c1. The van der Waals surface area contributed by atoms with E-state index in [-0.39, 0.29) is 11.6 Å². The maximum atomic E-state index is 13.7. The maximum absolute atomic E-state index is 13.7. The van der Waals surface area contributed by atoms with Crippen LogP contribution in [0.4, 0.5) is 15.8 Å². The molecule has 3 N–H and O–H groups in total. The van der Waals surface area contributed by atoms with Crippen molar-refractivity contribution in [2.45, 2.75) is 10.1 Å². The number of ether oxygens (including phenoxy) is 2. The zero-order valence-electron chi connectivity index (χ0n) is 26.1. The molecule has 0 aromatic heterocycles. The van der Waals surface area contributed by atoms with Crippen molar-refractivity contribution in [2.75, 3.05) is 24.9 Å². The summed E-state index contributed by atoms with van der Waals surface area (Å²) in [6.45, 7) is 0. The van der Waals surface area contributed by atoms with Crippen LogP contribution in [0.25, 0.3) is 6.08 Å². The summed E-state index contributed by atoms with van der Waals surface area (Å²) in [7, 11) is 3.07. The lowest BCUT2D eigenvalue weighted by Gasteiger charge is -2.19. The first kappa shape index (κ1) is 33.5. The van der Waals surface area contributed by atoms with Gasteiger partial charge in [-0.25, -0.2) is 4.39 Å². The molecule has 242 valence electrons. The summed E-state index contributed by atoms with van der Waals surface area (Å²) in [5.74, 6) is -0.659. The second-order valence-electron chi connectivity index (χ2n) is 10.4. The number of anilines is 2. The zero-order valence-corrected chi connectivity index (χ0v) is 26.9. The van der Waals surface area contributed by atoms with Crippen LogP contribution in [0, 0.1) is 5.82 Å². The van der Waals surface area contributed by atoms with Gasteiger partial charge in [-0.3, -0.25) is 14.4 Å². The van der Waals surface area contributed by atoms with Crippen molar-refractivity contribution in [1.82, 2.24) is 5.32 Å². The van der Waals surface area contributed by atoms with Gasteiger partial charge in [0.1, 0.15) is 28.3 Å². The van der Waals surface area contributed by atoms with Crippen molar-refractivity contribution in [1.29, 1.82) is 0 Å². The van der Waals surface area contributed by atoms with Crippen LogP contribution in [-0.4, -0.2) is 31.9 Å². The summed E-state index contributed by atoms with van der Waals surface area (Å²) in [5, 5.41) is 7.83. The molecule has 5 rings (SSSR count). The number of carbonyl (C=O) groups is 3. The van der Waals surface area contributed by atoms with Crippen LogP contribution in [0.1, 0.15) is 26.7 Å². The number of methoxy groups -OCH3 is 2. The van der Waals surface area contributed by atoms with Crippen molar-refractivity contribution < 1.29 is 28.2 Å². The van der Waals surface area contributed by atoms with Gasteiger partial charge >= 0.3 is 0 Å². The second-order valence-corrected chi connectivity index (χ2v) is 11.6. The second kappa shape index (κ2) is 16.1. The highest BCUT2D eigenvalue weighted by molar-refractivity contribution is 8.00. The van der Waals surface area contributed by atoms with Gasteiger partial charge in [0.15, 0.2) is 0 Å².